The molecule has 0 aliphatic rings. The lowest BCUT2D eigenvalue weighted by Gasteiger charge is -2.11. The number of carbonyl (C=O) groups excluding carboxylic acids is 1. The number of amides is 1. The molecule has 0 aliphatic heterocycles. The molecule has 0 atom stereocenters. The molecule has 1 amide bonds. The second kappa shape index (κ2) is 10.3. The van der Waals surface area contributed by atoms with Crippen LogP contribution in [-0.2, 0) is 4.74 Å². The van der Waals surface area contributed by atoms with Gasteiger partial charge in [-0.1, -0.05) is 23.4 Å². The number of non-ortho nitro benzene ring substituents is 1. The van der Waals surface area contributed by atoms with Crippen molar-refractivity contribution in [2.75, 3.05) is 13.2 Å². The number of ether oxygens (including phenoxy) is 1. The lowest BCUT2D eigenvalue weighted by molar-refractivity contribution is -0.384. The zero-order valence-corrected chi connectivity index (χ0v) is 16.7. The van der Waals surface area contributed by atoms with E-state index in [0.29, 0.717) is 29.5 Å². The van der Waals surface area contributed by atoms with Crippen molar-refractivity contribution in [1.82, 2.24) is 5.32 Å². The maximum Gasteiger partial charge on any atom is 0.270 e. The first-order valence-electron chi connectivity index (χ1n) is 8.48. The third kappa shape index (κ3) is 6.86. The Morgan fingerprint density at radius 2 is 1.96 bits per heavy atom. The minimum Gasteiger partial charge on any atom is -0.379 e. The number of carbonyl (C=O) groups is 1. The summed E-state index contributed by atoms with van der Waals surface area (Å²) in [6.07, 6.45) is 0.804. The molecule has 0 heterocycles. The van der Waals surface area contributed by atoms with Gasteiger partial charge in [-0.25, -0.2) is 0 Å². The van der Waals surface area contributed by atoms with Crippen molar-refractivity contribution in [3.8, 4) is 0 Å². The monoisotopic (exact) mass is 408 g/mol. The number of nitrogens with zero attached hydrogens (tertiary/aromatic N) is 1. The minimum atomic E-state index is -0.510. The van der Waals surface area contributed by atoms with E-state index in [0.717, 1.165) is 4.90 Å². The van der Waals surface area contributed by atoms with Crippen LogP contribution in [-0.4, -0.2) is 30.1 Å². The Balaban J connectivity index is 2.13. The highest BCUT2D eigenvalue weighted by atomic mass is 35.5. The maximum atomic E-state index is 12.6. The Morgan fingerprint density at radius 1 is 1.26 bits per heavy atom. The van der Waals surface area contributed by atoms with Crippen LogP contribution in [0, 0.1) is 10.1 Å². The summed E-state index contributed by atoms with van der Waals surface area (Å²) in [4.78, 5) is 24.7. The SMILES string of the molecule is CC(C)OCCCNC(=O)c1cc([N+](=O)[O-])ccc1Sc1ccc(Cl)cc1. The molecule has 0 aliphatic carbocycles. The van der Waals surface area contributed by atoms with E-state index in [2.05, 4.69) is 5.32 Å². The number of nitro benzene ring substituents is 1. The van der Waals surface area contributed by atoms with Crippen molar-refractivity contribution in [3.63, 3.8) is 0 Å². The van der Waals surface area contributed by atoms with E-state index in [1.165, 1.54) is 23.9 Å². The first kappa shape index (κ1) is 21.2. The van der Waals surface area contributed by atoms with E-state index < -0.39 is 4.92 Å². The van der Waals surface area contributed by atoms with Gasteiger partial charge in [0.05, 0.1) is 16.6 Å². The molecule has 0 bridgehead atoms. The van der Waals surface area contributed by atoms with Crippen LogP contribution in [0.3, 0.4) is 0 Å². The van der Waals surface area contributed by atoms with E-state index in [-0.39, 0.29) is 23.3 Å². The summed E-state index contributed by atoms with van der Waals surface area (Å²) in [6, 6.07) is 11.5. The van der Waals surface area contributed by atoms with Gasteiger partial charge in [-0.05, 0) is 50.6 Å². The third-order valence-corrected chi connectivity index (χ3v) is 4.85. The van der Waals surface area contributed by atoms with Crippen LogP contribution in [0.15, 0.2) is 52.3 Å². The lowest BCUT2D eigenvalue weighted by Crippen LogP contribution is -2.26. The number of rotatable bonds is 9. The fourth-order valence-electron chi connectivity index (χ4n) is 2.22. The summed E-state index contributed by atoms with van der Waals surface area (Å²) in [5.41, 5.74) is 0.151. The van der Waals surface area contributed by atoms with Crippen molar-refractivity contribution in [2.24, 2.45) is 0 Å². The number of hydrogen-bond acceptors (Lipinski definition) is 5. The molecule has 0 unspecified atom stereocenters. The fraction of sp³-hybridized carbons (Fsp3) is 0.316. The van der Waals surface area contributed by atoms with Crippen LogP contribution in [0.5, 0.6) is 0 Å². The van der Waals surface area contributed by atoms with Gasteiger partial charge >= 0.3 is 0 Å². The largest absolute Gasteiger partial charge is 0.379 e. The molecule has 0 saturated carbocycles. The van der Waals surface area contributed by atoms with Crippen LogP contribution in [0.1, 0.15) is 30.6 Å². The summed E-state index contributed by atoms with van der Waals surface area (Å²) in [6.45, 7) is 4.86. The molecule has 0 spiro atoms. The molecule has 144 valence electrons. The molecule has 2 aromatic carbocycles. The van der Waals surface area contributed by atoms with E-state index in [4.69, 9.17) is 16.3 Å². The highest BCUT2D eigenvalue weighted by Gasteiger charge is 2.17. The predicted octanol–water partition coefficient (Wildman–Crippen LogP) is 4.94. The molecule has 0 fully saturated rings. The topological polar surface area (TPSA) is 81.5 Å². The third-order valence-electron chi connectivity index (χ3n) is 3.52. The van der Waals surface area contributed by atoms with Gasteiger partial charge in [-0.2, -0.15) is 0 Å². The first-order chi connectivity index (χ1) is 12.9. The molecule has 0 saturated heterocycles. The van der Waals surface area contributed by atoms with Gasteiger partial charge in [0.1, 0.15) is 0 Å². The molecule has 0 radical (unpaired) electrons. The van der Waals surface area contributed by atoms with Crippen molar-refractivity contribution in [2.45, 2.75) is 36.2 Å². The van der Waals surface area contributed by atoms with Crippen LogP contribution in [0.25, 0.3) is 0 Å². The lowest BCUT2D eigenvalue weighted by atomic mass is 10.2. The zero-order valence-electron chi connectivity index (χ0n) is 15.1. The molecule has 2 rings (SSSR count). The van der Waals surface area contributed by atoms with Crippen molar-refractivity contribution >= 4 is 35.0 Å². The second-order valence-corrected chi connectivity index (χ2v) is 7.57. The Morgan fingerprint density at radius 3 is 2.59 bits per heavy atom. The van der Waals surface area contributed by atoms with Gasteiger partial charge in [0.25, 0.3) is 11.6 Å². The van der Waals surface area contributed by atoms with Gasteiger partial charge in [0, 0.05) is 40.1 Å². The van der Waals surface area contributed by atoms with E-state index >= 15 is 0 Å². The molecule has 1 N–H and O–H groups in total. The average Bonchev–Trinajstić information content (AvgIpc) is 2.63. The predicted molar refractivity (Wildman–Crippen MR) is 107 cm³/mol. The molecule has 2 aromatic rings. The van der Waals surface area contributed by atoms with Gasteiger partial charge in [0.15, 0.2) is 0 Å². The molecule has 27 heavy (non-hydrogen) atoms. The summed E-state index contributed by atoms with van der Waals surface area (Å²) in [7, 11) is 0. The standard InChI is InChI=1S/C19H21ClN2O4S/c1-13(2)26-11-3-10-21-19(23)17-12-15(22(24)25)6-9-18(17)27-16-7-4-14(20)5-8-16/h4-9,12-13H,3,10-11H2,1-2H3,(H,21,23). The Hall–Kier alpha value is -2.09. The van der Waals surface area contributed by atoms with Gasteiger partial charge in [0.2, 0.25) is 0 Å². The van der Waals surface area contributed by atoms with Crippen LogP contribution in [0.4, 0.5) is 5.69 Å². The van der Waals surface area contributed by atoms with Crippen molar-refractivity contribution in [1.29, 1.82) is 0 Å². The van der Waals surface area contributed by atoms with Crippen LogP contribution >= 0.6 is 23.4 Å². The van der Waals surface area contributed by atoms with Crippen LogP contribution in [0.2, 0.25) is 5.02 Å². The van der Waals surface area contributed by atoms with Gasteiger partial charge in [-0.15, -0.1) is 0 Å². The van der Waals surface area contributed by atoms with E-state index in [9.17, 15) is 14.9 Å². The fourth-order valence-corrected chi connectivity index (χ4v) is 3.27. The molecule has 0 aromatic heterocycles. The smallest absolute Gasteiger partial charge is 0.270 e. The highest BCUT2D eigenvalue weighted by molar-refractivity contribution is 7.99. The summed E-state index contributed by atoms with van der Waals surface area (Å²) < 4.78 is 5.44. The van der Waals surface area contributed by atoms with Gasteiger partial charge < -0.3 is 10.1 Å². The summed E-state index contributed by atoms with van der Waals surface area (Å²) in [5, 5.41) is 14.5. The van der Waals surface area contributed by atoms with E-state index in [1.807, 2.05) is 26.0 Å². The Bertz CT molecular complexity index is 797. The summed E-state index contributed by atoms with van der Waals surface area (Å²) >= 11 is 7.25. The summed E-state index contributed by atoms with van der Waals surface area (Å²) in [5.74, 6) is -0.347. The van der Waals surface area contributed by atoms with Gasteiger partial charge in [-0.3, -0.25) is 14.9 Å². The van der Waals surface area contributed by atoms with Crippen molar-refractivity contribution < 1.29 is 14.5 Å². The van der Waals surface area contributed by atoms with Crippen LogP contribution < -0.4 is 5.32 Å². The zero-order chi connectivity index (χ0) is 19.8. The molecular formula is C19H21ClN2O4S. The molecule has 8 heteroatoms. The second-order valence-electron chi connectivity index (χ2n) is 6.02. The Kier molecular flexibility index (Phi) is 8.09. The quantitative estimate of drug-likeness (QED) is 0.361. The average molecular weight is 409 g/mol. The number of nitro groups is 1. The van der Waals surface area contributed by atoms with Crippen molar-refractivity contribution in [3.05, 3.63) is 63.2 Å². The molecular weight excluding hydrogens is 388 g/mol. The maximum absolute atomic E-state index is 12.6. The van der Waals surface area contributed by atoms with E-state index in [1.54, 1.807) is 18.2 Å². The highest BCUT2D eigenvalue weighted by Crippen LogP contribution is 2.33. The first-order valence-corrected chi connectivity index (χ1v) is 9.68. The number of nitrogens with one attached hydrogen (secondary N) is 1. The normalized spacial score (nSPS) is 10.8. The number of hydrogen-bond donors (Lipinski definition) is 1. The number of benzene rings is 2. The molecule has 6 nitrogen and oxygen atoms in total. The number of halogens is 1. The Labute approximate surface area is 167 Å². The minimum absolute atomic E-state index is 0.122.